The summed E-state index contributed by atoms with van der Waals surface area (Å²) in [7, 11) is -2.73. The van der Waals surface area contributed by atoms with E-state index in [1.807, 2.05) is 54.6 Å². The molecule has 1 saturated carbocycles. The van der Waals surface area contributed by atoms with Gasteiger partial charge in [-0.15, -0.1) is 6.58 Å². The predicted octanol–water partition coefficient (Wildman–Crippen LogP) is 8.99. The number of fused-ring (bicyclic) bond motifs is 3. The van der Waals surface area contributed by atoms with Crippen molar-refractivity contribution in [3.05, 3.63) is 150 Å². The van der Waals surface area contributed by atoms with Gasteiger partial charge in [0.1, 0.15) is 35.0 Å². The Kier molecular flexibility index (Phi) is 14.0. The molecule has 0 amide bonds. The summed E-state index contributed by atoms with van der Waals surface area (Å²) >= 11 is 0. The number of pyridine rings is 1. The van der Waals surface area contributed by atoms with Crippen molar-refractivity contribution in [2.75, 3.05) is 26.9 Å². The highest BCUT2D eigenvalue weighted by molar-refractivity contribution is 7.89. The molecule has 0 bridgehead atoms. The van der Waals surface area contributed by atoms with Crippen LogP contribution in [0.2, 0.25) is 0 Å². The molecule has 5 aromatic rings. The molecule has 13 heteroatoms. The van der Waals surface area contributed by atoms with Crippen LogP contribution in [0.15, 0.2) is 144 Å². The van der Waals surface area contributed by atoms with Crippen LogP contribution in [0.3, 0.4) is 0 Å². The second kappa shape index (κ2) is 20.0. The Balaban J connectivity index is 1.34. The third-order valence-electron chi connectivity index (χ3n) is 12.8. The van der Waals surface area contributed by atoms with Crippen molar-refractivity contribution in [3.63, 3.8) is 0 Å². The first-order chi connectivity index (χ1) is 31.2. The van der Waals surface area contributed by atoms with Crippen LogP contribution in [0.1, 0.15) is 72.3 Å². The molecular weight excluding hydrogens is 831 g/mol. The lowest BCUT2D eigenvalue weighted by Crippen LogP contribution is -2.69. The normalized spacial score (nSPS) is 23.2. The molecule has 1 aromatic heterocycles. The number of hydrogen-bond donors (Lipinski definition) is 2. The van der Waals surface area contributed by atoms with Gasteiger partial charge < -0.3 is 29.3 Å². The zero-order valence-electron chi connectivity index (χ0n) is 36.0. The quantitative estimate of drug-likeness (QED) is 0.0335. The number of likely N-dealkylation sites (N-methyl/N-ethyl adjacent to an activating group) is 1. The molecule has 8 rings (SSSR count). The number of unbranched alkanes of at least 4 members (excludes halogenated alkanes) is 2. The second-order valence-electron chi connectivity index (χ2n) is 16.7. The molecule has 3 aliphatic rings. The maximum Gasteiger partial charge on any atom is 0.245 e. The fourth-order valence-electron chi connectivity index (χ4n) is 9.92. The van der Waals surface area contributed by atoms with Crippen molar-refractivity contribution < 1.29 is 42.5 Å². The highest BCUT2D eigenvalue weighted by Gasteiger charge is 2.65. The van der Waals surface area contributed by atoms with Gasteiger partial charge in [-0.3, -0.25) is 9.78 Å². The van der Waals surface area contributed by atoms with Crippen molar-refractivity contribution in [2.45, 2.75) is 74.2 Å². The molecule has 0 saturated heterocycles. The van der Waals surface area contributed by atoms with Gasteiger partial charge >= 0.3 is 0 Å². The maximum atomic E-state index is 15.2. The Morgan fingerprint density at radius 3 is 2.47 bits per heavy atom. The molecule has 0 radical (unpaired) electrons. The van der Waals surface area contributed by atoms with E-state index in [2.05, 4.69) is 17.6 Å². The average Bonchev–Trinajstić information content (AvgIpc) is 3.32. The van der Waals surface area contributed by atoms with Gasteiger partial charge in [-0.05, 0) is 91.1 Å². The van der Waals surface area contributed by atoms with Gasteiger partial charge in [0.15, 0.2) is 0 Å². The number of sulfonamides is 1. The largest absolute Gasteiger partial charge is 0.460 e. The summed E-state index contributed by atoms with van der Waals surface area (Å²) in [6.45, 7) is 4.36. The number of hydrogen-bond acceptors (Lipinski definition) is 11. The molecule has 1 fully saturated rings. The van der Waals surface area contributed by atoms with Crippen LogP contribution < -0.4 is 9.47 Å². The van der Waals surface area contributed by atoms with Crippen LogP contribution in [-0.4, -0.2) is 78.6 Å². The highest BCUT2D eigenvalue weighted by Crippen LogP contribution is 2.62. The number of allylic oxidation sites excluding steroid dienone is 1. The standard InChI is InChI=1S/C51H55N3O9S/c1-3-28-60-51-47(54(2)64(58,59)46-22-12-18-37-19-13-25-52-50(37)46)32-44(53-61-34-35-14-5-4-6-15-35)42-30-38(17-7-9-26-55)41(21-8-10-27-56)48(49(42)51)43-31-40(23-24-45(43)63-51)62-39-20-11-16-36(29-39)33-57/h3-6,11-16,18-20,22-25,29-31,33,38,41,47-49,55-56H,1,7-10,17,21,26-28,32,34H2,2H3. The van der Waals surface area contributed by atoms with Crippen LogP contribution >= 0.6 is 0 Å². The molecule has 4 aromatic carbocycles. The van der Waals surface area contributed by atoms with Crippen LogP contribution in [0.25, 0.3) is 10.9 Å². The first-order valence-electron chi connectivity index (χ1n) is 22.0. The summed E-state index contributed by atoms with van der Waals surface area (Å²) in [4.78, 5) is 22.4. The molecular formula is C51H55N3O9S. The van der Waals surface area contributed by atoms with E-state index in [4.69, 9.17) is 24.2 Å². The smallest absolute Gasteiger partial charge is 0.245 e. The minimum absolute atomic E-state index is 0.00233. The van der Waals surface area contributed by atoms with E-state index in [1.54, 1.807) is 67.9 Å². The number of aldehydes is 1. The van der Waals surface area contributed by atoms with E-state index in [1.165, 1.54) is 4.31 Å². The first-order valence-corrected chi connectivity index (χ1v) is 23.5. The average molecular weight is 886 g/mol. The first kappa shape index (κ1) is 44.9. The van der Waals surface area contributed by atoms with Crippen molar-refractivity contribution in [1.82, 2.24) is 9.29 Å². The number of carbonyl (C=O) groups excluding carboxylic acids is 1. The van der Waals surface area contributed by atoms with E-state index in [0.717, 1.165) is 48.7 Å². The number of carbonyl (C=O) groups is 1. The van der Waals surface area contributed by atoms with Gasteiger partial charge in [-0.2, -0.15) is 4.31 Å². The molecule has 6 unspecified atom stereocenters. The van der Waals surface area contributed by atoms with Gasteiger partial charge in [0, 0.05) is 55.3 Å². The van der Waals surface area contributed by atoms with Crippen molar-refractivity contribution in [3.8, 4) is 17.2 Å². The Labute approximate surface area is 374 Å². The van der Waals surface area contributed by atoms with Gasteiger partial charge in [0.25, 0.3) is 0 Å². The van der Waals surface area contributed by atoms with Crippen molar-refractivity contribution >= 4 is 32.9 Å². The number of aliphatic hydroxyl groups excluding tert-OH is 2. The van der Waals surface area contributed by atoms with Crippen molar-refractivity contribution in [1.29, 1.82) is 0 Å². The Morgan fingerprint density at radius 1 is 0.922 bits per heavy atom. The summed E-state index contributed by atoms with van der Waals surface area (Å²) in [6.07, 6.45) is 10.6. The van der Waals surface area contributed by atoms with Gasteiger partial charge in [0.2, 0.25) is 15.8 Å². The zero-order chi connectivity index (χ0) is 44.7. The number of ether oxygens (including phenoxy) is 3. The molecule has 334 valence electrons. The third-order valence-corrected chi connectivity index (χ3v) is 14.7. The fourth-order valence-corrected chi connectivity index (χ4v) is 11.5. The molecule has 12 nitrogen and oxygen atoms in total. The lowest BCUT2D eigenvalue weighted by Gasteiger charge is -2.59. The van der Waals surface area contributed by atoms with Gasteiger partial charge in [-0.25, -0.2) is 8.42 Å². The lowest BCUT2D eigenvalue weighted by molar-refractivity contribution is -0.250. The summed E-state index contributed by atoms with van der Waals surface area (Å²) in [5.41, 5.74) is 4.03. The molecule has 1 aliphatic heterocycles. The van der Waals surface area contributed by atoms with Crippen molar-refractivity contribution in [2.24, 2.45) is 22.9 Å². The van der Waals surface area contributed by atoms with Gasteiger partial charge in [0.05, 0.1) is 29.8 Å². The van der Waals surface area contributed by atoms with E-state index >= 15 is 8.42 Å². The lowest BCUT2D eigenvalue weighted by atomic mass is 9.55. The third kappa shape index (κ3) is 9.00. The number of nitrogens with zero attached hydrogens (tertiary/aromatic N) is 3. The minimum Gasteiger partial charge on any atom is -0.460 e. The van der Waals surface area contributed by atoms with Crippen LogP contribution in [0.4, 0.5) is 0 Å². The highest BCUT2D eigenvalue weighted by atomic mass is 32.2. The summed E-state index contributed by atoms with van der Waals surface area (Å²) in [5, 5.41) is 25.5. The van der Waals surface area contributed by atoms with Crippen LogP contribution in [0.5, 0.6) is 17.2 Å². The molecule has 64 heavy (non-hydrogen) atoms. The monoisotopic (exact) mass is 885 g/mol. The minimum atomic E-state index is -4.30. The number of para-hydroxylation sites is 1. The number of aliphatic hydroxyl groups is 2. The van der Waals surface area contributed by atoms with E-state index in [-0.39, 0.29) is 55.5 Å². The Hall–Kier alpha value is -5.70. The van der Waals surface area contributed by atoms with E-state index in [0.29, 0.717) is 52.3 Å². The van der Waals surface area contributed by atoms with E-state index in [9.17, 15) is 15.0 Å². The molecule has 6 atom stereocenters. The van der Waals surface area contributed by atoms with Crippen LogP contribution in [-0.2, 0) is 26.2 Å². The SMILES string of the molecule is C=CCOC12Oc3ccc(Oc4cccc(C=O)c4)cc3C3C(CCCCO)C(CCCCO)C=C(C(=NOCc4ccccc4)CC1N(C)S(=O)(=O)c1cccc4cccnc14)C32. The number of benzene rings is 4. The van der Waals surface area contributed by atoms with Gasteiger partial charge in [-0.1, -0.05) is 90.8 Å². The molecule has 2 N–H and O–H groups in total. The maximum absolute atomic E-state index is 15.2. The summed E-state index contributed by atoms with van der Waals surface area (Å²) in [5.74, 6) is -1.08. The molecule has 2 aliphatic carbocycles. The number of rotatable bonds is 20. The topological polar surface area (TPSA) is 157 Å². The Bertz CT molecular complexity index is 2610. The zero-order valence-corrected chi connectivity index (χ0v) is 36.8. The summed E-state index contributed by atoms with van der Waals surface area (Å²) < 4.78 is 52.5. The van der Waals surface area contributed by atoms with E-state index < -0.39 is 27.8 Å². The predicted molar refractivity (Wildman–Crippen MR) is 245 cm³/mol. The Morgan fingerprint density at radius 2 is 1.69 bits per heavy atom. The fraction of sp³-hybridized carbons (Fsp3) is 0.353. The molecule has 2 heterocycles. The number of aromatic nitrogens is 1. The summed E-state index contributed by atoms with van der Waals surface area (Å²) in [6, 6.07) is 30.1. The number of oxime groups is 1. The van der Waals surface area contributed by atoms with Crippen LogP contribution in [0, 0.1) is 17.8 Å². The molecule has 0 spiro atoms. The second-order valence-corrected chi connectivity index (χ2v) is 18.6.